The van der Waals surface area contributed by atoms with Crippen LogP contribution in [0.2, 0.25) is 5.02 Å². The molecule has 2 aliphatic carbocycles. The molecule has 4 rings (SSSR count). The number of carbonyl (C=O) groups excluding carboxylic acids is 3. The second-order valence-corrected chi connectivity index (χ2v) is 12.4. The number of ether oxygens (including phenoxy) is 1. The van der Waals surface area contributed by atoms with E-state index in [2.05, 4.69) is 12.1 Å². The number of hydrogen-bond acceptors (Lipinski definition) is 5. The number of carboxylic acid groups (broad SMARTS) is 1. The maximum atomic E-state index is 13.7. The molecule has 43 heavy (non-hydrogen) atoms. The van der Waals surface area contributed by atoms with Crippen molar-refractivity contribution in [1.82, 2.24) is 0 Å². The highest BCUT2D eigenvalue weighted by Crippen LogP contribution is 2.42. The van der Waals surface area contributed by atoms with Crippen molar-refractivity contribution in [2.45, 2.75) is 109 Å². The molecule has 2 aromatic carbocycles. The molecule has 1 fully saturated rings. The molecule has 0 atom stereocenters. The summed E-state index contributed by atoms with van der Waals surface area (Å²) in [6.45, 7) is 0. The van der Waals surface area contributed by atoms with Crippen molar-refractivity contribution in [1.29, 1.82) is 0 Å². The molecule has 0 bridgehead atoms. The Hall–Kier alpha value is -3.25. The molecule has 0 unspecified atom stereocenters. The number of allylic oxidation sites excluding steroid dienone is 2. The first-order chi connectivity index (χ1) is 20.8. The Morgan fingerprint density at radius 1 is 0.674 bits per heavy atom. The fourth-order valence-corrected chi connectivity index (χ4v) is 6.55. The maximum Gasteiger partial charge on any atom is 0.311 e. The summed E-state index contributed by atoms with van der Waals surface area (Å²) in [5.74, 6) is -1.58. The molecule has 1 N–H and O–H groups in total. The topological polar surface area (TPSA) is 97.7 Å². The zero-order chi connectivity index (χ0) is 30.6. The SMILES string of the molecule is O=C(O)CCCCCCCCCCCCC(=O)OC1=C(C2CCC(c3ccc(Cl)cc3)CC2)C(=O)c2ccccc2C1=O. The van der Waals surface area contributed by atoms with Gasteiger partial charge < -0.3 is 9.84 Å². The molecule has 2 aromatic rings. The Kier molecular flexibility index (Phi) is 12.6. The first-order valence-electron chi connectivity index (χ1n) is 16.0. The first kappa shape index (κ1) is 32.7. The van der Waals surface area contributed by atoms with E-state index in [0.29, 0.717) is 34.1 Å². The second-order valence-electron chi connectivity index (χ2n) is 12.0. The third kappa shape index (κ3) is 9.37. The highest BCUT2D eigenvalue weighted by atomic mass is 35.5. The summed E-state index contributed by atoms with van der Waals surface area (Å²) in [7, 11) is 0. The van der Waals surface area contributed by atoms with Gasteiger partial charge in [-0.15, -0.1) is 0 Å². The minimum Gasteiger partial charge on any atom is -0.481 e. The van der Waals surface area contributed by atoms with E-state index < -0.39 is 11.9 Å². The van der Waals surface area contributed by atoms with E-state index in [1.165, 1.54) is 5.56 Å². The molecule has 0 spiro atoms. The summed E-state index contributed by atoms with van der Waals surface area (Å²) in [4.78, 5) is 50.7. The average Bonchev–Trinajstić information content (AvgIpc) is 3.01. The van der Waals surface area contributed by atoms with Crippen molar-refractivity contribution in [3.8, 4) is 0 Å². The summed E-state index contributed by atoms with van der Waals surface area (Å²) >= 11 is 6.06. The molecular weight excluding hydrogens is 564 g/mol. The zero-order valence-corrected chi connectivity index (χ0v) is 25.7. The van der Waals surface area contributed by atoms with Gasteiger partial charge in [-0.25, -0.2) is 0 Å². The number of carboxylic acids is 1. The number of hydrogen-bond donors (Lipinski definition) is 1. The van der Waals surface area contributed by atoms with Crippen molar-refractivity contribution in [3.63, 3.8) is 0 Å². The lowest BCUT2D eigenvalue weighted by atomic mass is 9.72. The predicted molar refractivity (Wildman–Crippen MR) is 167 cm³/mol. The lowest BCUT2D eigenvalue weighted by molar-refractivity contribution is -0.139. The van der Waals surface area contributed by atoms with E-state index in [4.69, 9.17) is 21.4 Å². The quantitative estimate of drug-likeness (QED) is 0.151. The molecule has 2 aliphatic rings. The van der Waals surface area contributed by atoms with Crippen LogP contribution in [0.15, 0.2) is 59.9 Å². The van der Waals surface area contributed by atoms with E-state index in [-0.39, 0.29) is 36.1 Å². The number of carbonyl (C=O) groups is 4. The smallest absolute Gasteiger partial charge is 0.311 e. The van der Waals surface area contributed by atoms with E-state index in [1.807, 2.05) is 12.1 Å². The van der Waals surface area contributed by atoms with Crippen LogP contribution in [-0.2, 0) is 14.3 Å². The molecule has 0 heterocycles. The number of rotatable bonds is 16. The molecule has 0 aliphatic heterocycles. The minimum absolute atomic E-state index is 0.0630. The van der Waals surface area contributed by atoms with Crippen LogP contribution >= 0.6 is 11.6 Å². The van der Waals surface area contributed by atoms with E-state index in [9.17, 15) is 19.2 Å². The number of fused-ring (bicyclic) bond motifs is 1. The molecule has 1 saturated carbocycles. The van der Waals surface area contributed by atoms with Gasteiger partial charge in [-0.05, 0) is 68.1 Å². The third-order valence-corrected chi connectivity index (χ3v) is 9.08. The number of aliphatic carboxylic acids is 1. The molecule has 0 amide bonds. The van der Waals surface area contributed by atoms with Gasteiger partial charge in [0.2, 0.25) is 5.78 Å². The highest BCUT2D eigenvalue weighted by molar-refractivity contribution is 6.30. The van der Waals surface area contributed by atoms with Gasteiger partial charge >= 0.3 is 11.9 Å². The van der Waals surface area contributed by atoms with Gasteiger partial charge in [-0.2, -0.15) is 0 Å². The Morgan fingerprint density at radius 3 is 1.72 bits per heavy atom. The molecule has 230 valence electrons. The molecule has 0 saturated heterocycles. The Balaban J connectivity index is 1.28. The van der Waals surface area contributed by atoms with Crippen molar-refractivity contribution in [2.75, 3.05) is 0 Å². The lowest BCUT2D eigenvalue weighted by Crippen LogP contribution is -2.30. The number of benzene rings is 2. The molecule has 0 radical (unpaired) electrons. The van der Waals surface area contributed by atoms with Crippen LogP contribution in [0.1, 0.15) is 135 Å². The minimum atomic E-state index is -0.724. The molecule has 7 heteroatoms. The lowest BCUT2D eigenvalue weighted by Gasteiger charge is -2.32. The normalized spacial score (nSPS) is 18.4. The highest BCUT2D eigenvalue weighted by Gasteiger charge is 2.39. The predicted octanol–water partition coefficient (Wildman–Crippen LogP) is 9.26. The Bertz CT molecular complexity index is 1300. The van der Waals surface area contributed by atoms with Gasteiger partial charge in [0.05, 0.1) is 5.57 Å². The van der Waals surface area contributed by atoms with Gasteiger partial charge in [0.15, 0.2) is 11.5 Å². The third-order valence-electron chi connectivity index (χ3n) is 8.83. The van der Waals surface area contributed by atoms with Crippen LogP contribution in [0, 0.1) is 5.92 Å². The zero-order valence-electron chi connectivity index (χ0n) is 25.0. The van der Waals surface area contributed by atoms with Crippen molar-refractivity contribution >= 4 is 35.1 Å². The van der Waals surface area contributed by atoms with E-state index in [1.54, 1.807) is 24.3 Å². The van der Waals surface area contributed by atoms with E-state index in [0.717, 1.165) is 83.5 Å². The Labute approximate surface area is 259 Å². The molecular formula is C36H43ClO6. The van der Waals surface area contributed by atoms with Crippen molar-refractivity contribution < 1.29 is 29.0 Å². The number of ketones is 2. The number of esters is 1. The maximum absolute atomic E-state index is 13.7. The second kappa shape index (κ2) is 16.6. The summed E-state index contributed by atoms with van der Waals surface area (Å²) < 4.78 is 5.75. The summed E-state index contributed by atoms with van der Waals surface area (Å²) in [5.41, 5.74) is 2.29. The molecule has 6 nitrogen and oxygen atoms in total. The fraction of sp³-hybridized carbons (Fsp3) is 0.500. The van der Waals surface area contributed by atoms with Crippen LogP contribution in [0.25, 0.3) is 0 Å². The van der Waals surface area contributed by atoms with Gasteiger partial charge in [-0.1, -0.05) is 99.4 Å². The summed E-state index contributed by atoms with van der Waals surface area (Å²) in [5, 5.41) is 9.39. The van der Waals surface area contributed by atoms with Crippen LogP contribution in [-0.4, -0.2) is 28.6 Å². The monoisotopic (exact) mass is 606 g/mol. The Morgan fingerprint density at radius 2 is 1.16 bits per heavy atom. The molecule has 0 aromatic heterocycles. The van der Waals surface area contributed by atoms with Gasteiger partial charge in [0.1, 0.15) is 0 Å². The van der Waals surface area contributed by atoms with Crippen LogP contribution in [0.3, 0.4) is 0 Å². The van der Waals surface area contributed by atoms with Crippen LogP contribution < -0.4 is 0 Å². The largest absolute Gasteiger partial charge is 0.481 e. The number of halogens is 1. The number of Topliss-reactive ketones (excluding diaryl/α,β-unsaturated/α-hetero) is 2. The first-order valence-corrected chi connectivity index (χ1v) is 16.3. The summed E-state index contributed by atoms with van der Waals surface area (Å²) in [6, 6.07) is 14.7. The van der Waals surface area contributed by atoms with E-state index >= 15 is 0 Å². The van der Waals surface area contributed by atoms with Crippen molar-refractivity contribution in [2.24, 2.45) is 5.92 Å². The van der Waals surface area contributed by atoms with Gasteiger partial charge in [0.25, 0.3) is 0 Å². The number of unbranched alkanes of at least 4 members (excludes halogenated alkanes) is 9. The van der Waals surface area contributed by atoms with Gasteiger partial charge in [0, 0.05) is 29.0 Å². The van der Waals surface area contributed by atoms with Crippen LogP contribution in [0.5, 0.6) is 0 Å². The van der Waals surface area contributed by atoms with Crippen LogP contribution in [0.4, 0.5) is 0 Å². The average molecular weight is 607 g/mol. The van der Waals surface area contributed by atoms with Crippen molar-refractivity contribution in [3.05, 3.63) is 81.6 Å². The van der Waals surface area contributed by atoms with Gasteiger partial charge in [-0.3, -0.25) is 19.2 Å². The summed E-state index contributed by atoms with van der Waals surface area (Å²) in [6.07, 6.45) is 13.6. The standard InChI is InChI=1S/C36H43ClO6/c37-28-23-21-26(22-24-28)25-17-19-27(20-18-25)33-34(41)29-13-11-12-14-30(29)35(42)36(33)43-32(40)16-10-8-6-4-2-1-3-5-7-9-15-31(38)39/h11-14,21-25,27H,1-10,15-20H2,(H,38,39). The fourth-order valence-electron chi connectivity index (χ4n) is 6.42.